The Hall–Kier alpha value is -0.760. The van der Waals surface area contributed by atoms with Crippen LogP contribution in [-0.4, -0.2) is 23.8 Å². The van der Waals surface area contributed by atoms with E-state index in [4.69, 9.17) is 9.47 Å². The lowest BCUT2D eigenvalue weighted by atomic mass is 10.2. The summed E-state index contributed by atoms with van der Waals surface area (Å²) in [5.74, 6) is -2.70. The Balaban J connectivity index is 3.03. The summed E-state index contributed by atoms with van der Waals surface area (Å²) in [6.07, 6.45) is -5.48. The Morgan fingerprint density at radius 1 is 1.21 bits per heavy atom. The van der Waals surface area contributed by atoms with Gasteiger partial charge in [-0.2, -0.15) is 8.78 Å². The molecular formula is C14H13F2I2O6-. The molecule has 10 heteroatoms. The SMILES string of the molecule is CC(C)(C)OC(=O)Oc1c(I)cc(I)cc1COC(F)(F)C(=O)[O-]. The molecule has 1 aromatic rings. The number of carboxylic acid groups (broad SMARTS) is 1. The molecule has 0 aliphatic carbocycles. The second-order valence-corrected chi connectivity index (χ2v) is 7.94. The highest BCUT2D eigenvalue weighted by molar-refractivity contribution is 14.1. The number of alkyl halides is 2. The fraction of sp³-hybridized carbons (Fsp3) is 0.429. The Bertz CT molecular complexity index is 643. The van der Waals surface area contributed by atoms with Crippen molar-refractivity contribution >= 4 is 57.3 Å². The van der Waals surface area contributed by atoms with Gasteiger partial charge >= 0.3 is 12.3 Å². The van der Waals surface area contributed by atoms with Crippen molar-refractivity contribution in [2.24, 2.45) is 0 Å². The maximum Gasteiger partial charge on any atom is 0.514 e. The molecule has 1 aromatic carbocycles. The van der Waals surface area contributed by atoms with E-state index in [1.54, 1.807) is 26.8 Å². The van der Waals surface area contributed by atoms with E-state index in [1.165, 1.54) is 6.07 Å². The molecule has 0 aliphatic rings. The third-order valence-corrected chi connectivity index (χ3v) is 3.73. The number of carboxylic acids is 1. The van der Waals surface area contributed by atoms with Crippen LogP contribution in [0.2, 0.25) is 0 Å². The first kappa shape index (κ1) is 21.3. The number of carbonyl (C=O) groups excluding carboxylic acids is 2. The number of hydrogen-bond donors (Lipinski definition) is 0. The van der Waals surface area contributed by atoms with Crippen LogP contribution in [0.25, 0.3) is 0 Å². The van der Waals surface area contributed by atoms with E-state index >= 15 is 0 Å². The normalized spacial score (nSPS) is 12.0. The molecule has 134 valence electrons. The van der Waals surface area contributed by atoms with E-state index in [1.807, 2.05) is 45.2 Å². The van der Waals surface area contributed by atoms with E-state index in [9.17, 15) is 23.5 Å². The van der Waals surface area contributed by atoms with Crippen LogP contribution in [0.4, 0.5) is 13.6 Å². The summed E-state index contributed by atoms with van der Waals surface area (Å²) in [6, 6.07) is 3.06. The van der Waals surface area contributed by atoms with Crippen LogP contribution in [0.5, 0.6) is 5.75 Å². The van der Waals surface area contributed by atoms with Crippen molar-refractivity contribution in [3.63, 3.8) is 0 Å². The third-order valence-electron chi connectivity index (χ3n) is 2.31. The number of carbonyl (C=O) groups is 2. The maximum atomic E-state index is 13.0. The highest BCUT2D eigenvalue weighted by atomic mass is 127. The van der Waals surface area contributed by atoms with Crippen molar-refractivity contribution in [2.75, 3.05) is 0 Å². The van der Waals surface area contributed by atoms with E-state index in [0.29, 0.717) is 7.14 Å². The van der Waals surface area contributed by atoms with Crippen LogP contribution in [0, 0.1) is 7.14 Å². The van der Waals surface area contributed by atoms with Crippen molar-refractivity contribution in [1.29, 1.82) is 0 Å². The topological polar surface area (TPSA) is 84.9 Å². The first-order valence-corrected chi connectivity index (χ1v) is 8.59. The van der Waals surface area contributed by atoms with Gasteiger partial charge in [0.15, 0.2) is 5.75 Å². The predicted molar refractivity (Wildman–Crippen MR) is 93.5 cm³/mol. The van der Waals surface area contributed by atoms with Crippen LogP contribution >= 0.6 is 45.2 Å². The summed E-state index contributed by atoms with van der Waals surface area (Å²) >= 11 is 3.78. The van der Waals surface area contributed by atoms with Crippen LogP contribution in [0.15, 0.2) is 12.1 Å². The van der Waals surface area contributed by atoms with Crippen LogP contribution in [-0.2, 0) is 20.9 Å². The molecule has 0 spiro atoms. The molecule has 0 unspecified atom stereocenters. The molecule has 0 bridgehead atoms. The zero-order valence-electron chi connectivity index (χ0n) is 12.8. The number of aliphatic carboxylic acids is 1. The van der Waals surface area contributed by atoms with Gasteiger partial charge in [-0.05, 0) is 78.1 Å². The quantitative estimate of drug-likeness (QED) is 0.308. The van der Waals surface area contributed by atoms with Gasteiger partial charge in [0.1, 0.15) is 11.6 Å². The molecule has 1 rings (SSSR count). The zero-order chi connectivity index (χ0) is 18.7. The van der Waals surface area contributed by atoms with E-state index in [-0.39, 0.29) is 11.3 Å². The highest BCUT2D eigenvalue weighted by Gasteiger charge is 2.33. The van der Waals surface area contributed by atoms with E-state index in [0.717, 1.165) is 0 Å². The number of benzene rings is 1. The lowest BCUT2D eigenvalue weighted by molar-refractivity contribution is -0.364. The molecule has 0 aromatic heterocycles. The van der Waals surface area contributed by atoms with Gasteiger partial charge in [0.2, 0.25) is 0 Å². The molecular weight excluding hydrogens is 556 g/mol. The van der Waals surface area contributed by atoms with Crippen LogP contribution < -0.4 is 9.84 Å². The number of halogens is 4. The molecule has 6 nitrogen and oxygen atoms in total. The molecule has 0 saturated carbocycles. The summed E-state index contributed by atoms with van der Waals surface area (Å²) in [5.41, 5.74) is -0.734. The van der Waals surface area contributed by atoms with Crippen molar-refractivity contribution in [3.05, 3.63) is 24.8 Å². The number of hydrogen-bond acceptors (Lipinski definition) is 6. The summed E-state index contributed by atoms with van der Waals surface area (Å²) in [6.45, 7) is 4.11. The Kier molecular flexibility index (Phi) is 7.16. The second kappa shape index (κ2) is 8.08. The first-order chi connectivity index (χ1) is 10.8. The van der Waals surface area contributed by atoms with E-state index < -0.39 is 30.4 Å². The molecule has 0 N–H and O–H groups in total. The summed E-state index contributed by atoms with van der Waals surface area (Å²) in [4.78, 5) is 22.1. The van der Waals surface area contributed by atoms with Gasteiger partial charge in [0, 0.05) is 9.13 Å². The fourth-order valence-electron chi connectivity index (χ4n) is 1.42. The zero-order valence-corrected chi connectivity index (χ0v) is 17.1. The number of ether oxygens (including phenoxy) is 3. The fourth-order valence-corrected chi connectivity index (χ4v) is 3.49. The molecule has 0 radical (unpaired) electrons. The van der Waals surface area contributed by atoms with Gasteiger partial charge in [0.05, 0.1) is 10.2 Å². The predicted octanol–water partition coefficient (Wildman–Crippen LogP) is 3.07. The Morgan fingerprint density at radius 2 is 1.79 bits per heavy atom. The van der Waals surface area contributed by atoms with Gasteiger partial charge in [-0.3, -0.25) is 0 Å². The smallest absolute Gasteiger partial charge is 0.514 e. The van der Waals surface area contributed by atoms with Gasteiger partial charge in [-0.25, -0.2) is 4.79 Å². The standard InChI is InChI=1S/C14H14F2I2O6/c1-13(2,3)24-12(21)23-10-7(4-8(17)5-9(10)18)6-22-14(15,16)11(19)20/h4-5H,6H2,1-3H3,(H,19,20)/p-1. The minimum Gasteiger partial charge on any atom is -0.542 e. The van der Waals surface area contributed by atoms with Crippen molar-refractivity contribution in [1.82, 2.24) is 0 Å². The minimum atomic E-state index is -4.46. The van der Waals surface area contributed by atoms with E-state index in [2.05, 4.69) is 4.74 Å². The molecule has 0 saturated heterocycles. The van der Waals surface area contributed by atoms with Gasteiger partial charge in [-0.1, -0.05) is 0 Å². The van der Waals surface area contributed by atoms with Crippen LogP contribution in [0.3, 0.4) is 0 Å². The summed E-state index contributed by atoms with van der Waals surface area (Å²) in [5, 5.41) is 10.3. The largest absolute Gasteiger partial charge is 0.542 e. The lowest BCUT2D eigenvalue weighted by Gasteiger charge is -2.21. The first-order valence-electron chi connectivity index (χ1n) is 6.44. The molecule has 0 fully saturated rings. The summed E-state index contributed by atoms with van der Waals surface area (Å²) in [7, 11) is 0. The van der Waals surface area contributed by atoms with Crippen molar-refractivity contribution < 1.29 is 37.7 Å². The molecule has 0 amide bonds. The molecule has 24 heavy (non-hydrogen) atoms. The maximum absolute atomic E-state index is 13.0. The highest BCUT2D eigenvalue weighted by Crippen LogP contribution is 2.31. The third kappa shape index (κ3) is 6.63. The average molecular weight is 569 g/mol. The molecule has 0 heterocycles. The lowest BCUT2D eigenvalue weighted by Crippen LogP contribution is -2.43. The Morgan fingerprint density at radius 3 is 2.29 bits per heavy atom. The molecule has 0 aliphatic heterocycles. The van der Waals surface area contributed by atoms with Gasteiger partial charge in [0.25, 0.3) is 0 Å². The average Bonchev–Trinajstić information content (AvgIpc) is 2.37. The van der Waals surface area contributed by atoms with Gasteiger partial charge in [-0.15, -0.1) is 0 Å². The minimum absolute atomic E-state index is 0.0422. The van der Waals surface area contributed by atoms with Crippen molar-refractivity contribution in [3.8, 4) is 5.75 Å². The number of rotatable bonds is 5. The summed E-state index contributed by atoms with van der Waals surface area (Å²) < 4.78 is 41.3. The second-order valence-electron chi connectivity index (χ2n) is 5.54. The monoisotopic (exact) mass is 569 g/mol. The van der Waals surface area contributed by atoms with Crippen molar-refractivity contribution in [2.45, 2.75) is 39.1 Å². The molecule has 0 atom stereocenters. The van der Waals surface area contributed by atoms with Gasteiger partial charge < -0.3 is 24.1 Å². The van der Waals surface area contributed by atoms with Crippen LogP contribution in [0.1, 0.15) is 26.3 Å². The Labute approximate surface area is 164 Å².